The lowest BCUT2D eigenvalue weighted by Gasteiger charge is -2.49. The zero-order valence-electron chi connectivity index (χ0n) is 18.5. The predicted molar refractivity (Wildman–Crippen MR) is 125 cm³/mol. The lowest BCUT2D eigenvalue weighted by Crippen LogP contribution is -2.61. The van der Waals surface area contributed by atoms with Crippen molar-refractivity contribution < 1.29 is 18.0 Å². The molecule has 176 valence electrons. The number of hydrogen-bond acceptors (Lipinski definition) is 4. The smallest absolute Gasteiger partial charge is 0.368 e. The molecule has 1 aromatic heterocycles. The number of carbonyl (C=O) groups is 1. The summed E-state index contributed by atoms with van der Waals surface area (Å²) in [6.45, 7) is 2.33. The van der Waals surface area contributed by atoms with Crippen molar-refractivity contribution in [2.24, 2.45) is 5.92 Å². The molecule has 0 spiro atoms. The van der Waals surface area contributed by atoms with Crippen molar-refractivity contribution in [3.05, 3.63) is 89.7 Å². The highest BCUT2D eigenvalue weighted by atomic mass is 19.4. The van der Waals surface area contributed by atoms with Crippen LogP contribution in [0, 0.1) is 5.92 Å². The standard InChI is InChI=1S/C26H25F3N4O/c27-26(28,29)20-6-7-23-19(14-20)15-22(25(34)31-16-18-8-10-30-11-9-18)24-17-32(12-13-33(23)24)21-4-2-1-3-5-21/h1-11,14,22,24H,12-13,15-17H2,(H,31,34). The van der Waals surface area contributed by atoms with E-state index < -0.39 is 17.7 Å². The van der Waals surface area contributed by atoms with Crippen molar-refractivity contribution in [2.75, 3.05) is 29.4 Å². The van der Waals surface area contributed by atoms with Crippen molar-refractivity contribution >= 4 is 17.3 Å². The Morgan fingerprint density at radius 2 is 1.79 bits per heavy atom. The summed E-state index contributed by atoms with van der Waals surface area (Å²) in [6, 6.07) is 17.4. The zero-order chi connectivity index (χ0) is 23.7. The van der Waals surface area contributed by atoms with Crippen LogP contribution in [0.25, 0.3) is 0 Å². The second-order valence-corrected chi connectivity index (χ2v) is 8.77. The molecule has 3 aromatic rings. The van der Waals surface area contributed by atoms with E-state index in [2.05, 4.69) is 20.1 Å². The summed E-state index contributed by atoms with van der Waals surface area (Å²) in [5.74, 6) is -0.617. The number of nitrogens with zero attached hydrogens (tertiary/aromatic N) is 3. The van der Waals surface area contributed by atoms with Gasteiger partial charge in [0.05, 0.1) is 17.5 Å². The number of halogens is 3. The van der Waals surface area contributed by atoms with E-state index in [0.29, 0.717) is 25.2 Å². The Labute approximate surface area is 196 Å². The van der Waals surface area contributed by atoms with Crippen LogP contribution >= 0.6 is 0 Å². The van der Waals surface area contributed by atoms with Gasteiger partial charge in [-0.05, 0) is 60.0 Å². The van der Waals surface area contributed by atoms with Gasteiger partial charge in [-0.2, -0.15) is 13.2 Å². The Bertz CT molecular complexity index is 1150. The van der Waals surface area contributed by atoms with E-state index in [0.717, 1.165) is 29.5 Å². The number of rotatable bonds is 4. The molecule has 2 aliphatic rings. The first-order valence-corrected chi connectivity index (χ1v) is 11.3. The van der Waals surface area contributed by atoms with Gasteiger partial charge < -0.3 is 15.1 Å². The maximum absolute atomic E-state index is 13.4. The Morgan fingerprint density at radius 1 is 1.03 bits per heavy atom. The van der Waals surface area contributed by atoms with Crippen LogP contribution in [-0.2, 0) is 23.9 Å². The van der Waals surface area contributed by atoms with E-state index in [9.17, 15) is 18.0 Å². The molecular weight excluding hydrogens is 441 g/mol. The number of piperazine rings is 1. The summed E-state index contributed by atoms with van der Waals surface area (Å²) in [6.07, 6.45) is -0.822. The summed E-state index contributed by atoms with van der Waals surface area (Å²) >= 11 is 0. The van der Waals surface area contributed by atoms with Gasteiger partial charge in [0, 0.05) is 49.9 Å². The number of pyridine rings is 1. The first-order chi connectivity index (χ1) is 16.4. The number of nitrogens with one attached hydrogen (secondary N) is 1. The Balaban J connectivity index is 1.44. The number of fused-ring (bicyclic) bond motifs is 3. The van der Waals surface area contributed by atoms with Gasteiger partial charge in [-0.1, -0.05) is 18.2 Å². The molecule has 2 atom stereocenters. The fourth-order valence-electron chi connectivity index (χ4n) is 4.99. The second-order valence-electron chi connectivity index (χ2n) is 8.77. The van der Waals surface area contributed by atoms with Crippen molar-refractivity contribution in [1.29, 1.82) is 0 Å². The van der Waals surface area contributed by atoms with E-state index in [4.69, 9.17) is 0 Å². The van der Waals surface area contributed by atoms with E-state index in [1.807, 2.05) is 42.5 Å². The lowest BCUT2D eigenvalue weighted by atomic mass is 9.82. The van der Waals surface area contributed by atoms with Crippen molar-refractivity contribution in [3.8, 4) is 0 Å². The first kappa shape index (κ1) is 22.3. The number of hydrogen-bond donors (Lipinski definition) is 1. The van der Waals surface area contributed by atoms with Gasteiger partial charge in [0.15, 0.2) is 0 Å². The number of carbonyl (C=O) groups excluding carboxylic acids is 1. The topological polar surface area (TPSA) is 48.5 Å². The molecule has 0 aliphatic carbocycles. The molecule has 2 aromatic carbocycles. The summed E-state index contributed by atoms with van der Waals surface area (Å²) in [5.41, 5.74) is 2.69. The van der Waals surface area contributed by atoms with Crippen LogP contribution in [0.4, 0.5) is 24.5 Å². The van der Waals surface area contributed by atoms with Crippen LogP contribution in [-0.4, -0.2) is 36.6 Å². The molecule has 5 rings (SSSR count). The molecule has 1 saturated heterocycles. The lowest BCUT2D eigenvalue weighted by molar-refractivity contribution is -0.137. The Kier molecular flexibility index (Phi) is 5.89. The summed E-state index contributed by atoms with van der Waals surface area (Å²) < 4.78 is 40.2. The van der Waals surface area contributed by atoms with Crippen molar-refractivity contribution in [3.63, 3.8) is 0 Å². The van der Waals surface area contributed by atoms with Crippen LogP contribution in [0.1, 0.15) is 16.7 Å². The molecule has 1 fully saturated rings. The molecule has 2 aliphatic heterocycles. The fraction of sp³-hybridized carbons (Fsp3) is 0.308. The average molecular weight is 467 g/mol. The minimum Gasteiger partial charge on any atom is -0.368 e. The van der Waals surface area contributed by atoms with Crippen LogP contribution in [0.15, 0.2) is 73.1 Å². The highest BCUT2D eigenvalue weighted by Crippen LogP contribution is 2.40. The van der Waals surface area contributed by atoms with Gasteiger partial charge in [0.2, 0.25) is 5.91 Å². The molecule has 1 N–H and O–H groups in total. The van der Waals surface area contributed by atoms with Gasteiger partial charge in [-0.3, -0.25) is 9.78 Å². The molecule has 0 saturated carbocycles. The SMILES string of the molecule is O=C(NCc1ccncc1)C1Cc2cc(C(F)(F)F)ccc2N2CCN(c3ccccc3)CC12. The van der Waals surface area contributed by atoms with Crippen molar-refractivity contribution in [1.82, 2.24) is 10.3 Å². The van der Waals surface area contributed by atoms with Crippen LogP contribution in [0.5, 0.6) is 0 Å². The molecular formula is C26H25F3N4O. The van der Waals surface area contributed by atoms with E-state index in [1.54, 1.807) is 18.5 Å². The number of alkyl halides is 3. The van der Waals surface area contributed by atoms with E-state index in [1.165, 1.54) is 6.07 Å². The molecule has 1 amide bonds. The second kappa shape index (κ2) is 9.00. The van der Waals surface area contributed by atoms with Gasteiger partial charge >= 0.3 is 6.18 Å². The number of para-hydroxylation sites is 1. The highest BCUT2D eigenvalue weighted by Gasteiger charge is 2.42. The summed E-state index contributed by atoms with van der Waals surface area (Å²) in [4.78, 5) is 21.7. The third kappa shape index (κ3) is 4.44. The van der Waals surface area contributed by atoms with Crippen LogP contribution in [0.3, 0.4) is 0 Å². The molecule has 3 heterocycles. The Morgan fingerprint density at radius 3 is 2.53 bits per heavy atom. The van der Waals surface area contributed by atoms with Crippen LogP contribution < -0.4 is 15.1 Å². The fourth-order valence-corrected chi connectivity index (χ4v) is 4.99. The van der Waals surface area contributed by atoms with E-state index in [-0.39, 0.29) is 18.4 Å². The first-order valence-electron chi connectivity index (χ1n) is 11.3. The number of anilines is 2. The summed E-state index contributed by atoms with van der Waals surface area (Å²) in [5, 5.41) is 3.00. The largest absolute Gasteiger partial charge is 0.416 e. The third-order valence-corrected chi connectivity index (χ3v) is 6.71. The van der Waals surface area contributed by atoms with Crippen molar-refractivity contribution in [2.45, 2.75) is 25.2 Å². The molecule has 0 bridgehead atoms. The van der Waals surface area contributed by atoms with Gasteiger partial charge in [0.1, 0.15) is 0 Å². The maximum atomic E-state index is 13.4. The average Bonchev–Trinajstić information content (AvgIpc) is 2.86. The number of aromatic nitrogens is 1. The zero-order valence-corrected chi connectivity index (χ0v) is 18.5. The minimum atomic E-state index is -4.42. The Hall–Kier alpha value is -3.55. The molecule has 2 unspecified atom stereocenters. The molecule has 8 heteroatoms. The quantitative estimate of drug-likeness (QED) is 0.624. The molecule has 5 nitrogen and oxygen atoms in total. The number of amides is 1. The normalized spacial score (nSPS) is 19.9. The van der Waals surface area contributed by atoms with Crippen LogP contribution in [0.2, 0.25) is 0 Å². The molecule has 34 heavy (non-hydrogen) atoms. The van der Waals surface area contributed by atoms with E-state index >= 15 is 0 Å². The highest BCUT2D eigenvalue weighted by molar-refractivity contribution is 5.82. The van der Waals surface area contributed by atoms with Gasteiger partial charge in [0.25, 0.3) is 0 Å². The third-order valence-electron chi connectivity index (χ3n) is 6.71. The monoisotopic (exact) mass is 466 g/mol. The van der Waals surface area contributed by atoms with Gasteiger partial charge in [-0.15, -0.1) is 0 Å². The predicted octanol–water partition coefficient (Wildman–Crippen LogP) is 4.28. The molecule has 0 radical (unpaired) electrons. The van der Waals surface area contributed by atoms with Gasteiger partial charge in [-0.25, -0.2) is 0 Å². The number of benzene rings is 2. The minimum absolute atomic E-state index is 0.143. The maximum Gasteiger partial charge on any atom is 0.416 e. The summed E-state index contributed by atoms with van der Waals surface area (Å²) in [7, 11) is 0.